The van der Waals surface area contributed by atoms with Crippen LogP contribution in [0.15, 0.2) is 64.5 Å². The molecule has 0 aromatic heterocycles. The third-order valence-electron chi connectivity index (χ3n) is 6.20. The van der Waals surface area contributed by atoms with Crippen molar-refractivity contribution < 1.29 is 19.1 Å². The first-order chi connectivity index (χ1) is 17.2. The molecular weight excluding hydrogens is 500 g/mol. The number of nitriles is 1. The van der Waals surface area contributed by atoms with Gasteiger partial charge in [-0.25, -0.2) is 0 Å². The Morgan fingerprint density at radius 1 is 1.22 bits per heavy atom. The Balaban J connectivity index is 1.89. The Kier molecular flexibility index (Phi) is 7.11. The van der Waals surface area contributed by atoms with Gasteiger partial charge in [0, 0.05) is 10.7 Å². The van der Waals surface area contributed by atoms with Crippen LogP contribution >= 0.6 is 23.4 Å². The number of hydrogen-bond donors (Lipinski definition) is 2. The third kappa shape index (κ3) is 4.45. The predicted molar refractivity (Wildman–Crippen MR) is 137 cm³/mol. The minimum Gasteiger partial charge on any atom is -0.469 e. The molecule has 2 amide bonds. The average molecular weight is 523 g/mol. The fourth-order valence-corrected chi connectivity index (χ4v) is 5.75. The topological polar surface area (TPSA) is 126 Å². The van der Waals surface area contributed by atoms with E-state index in [9.17, 15) is 19.6 Å². The highest BCUT2D eigenvalue weighted by molar-refractivity contribution is 8.04. The first kappa shape index (κ1) is 25.4. The van der Waals surface area contributed by atoms with Gasteiger partial charge < -0.3 is 15.8 Å². The van der Waals surface area contributed by atoms with E-state index in [0.717, 1.165) is 27.8 Å². The molecule has 0 aliphatic carbocycles. The number of halogens is 1. The number of hydrogen-bond acceptors (Lipinski definition) is 7. The fraction of sp³-hybridized carbons (Fsp3) is 0.231. The Morgan fingerprint density at radius 2 is 1.94 bits per heavy atom. The summed E-state index contributed by atoms with van der Waals surface area (Å²) >= 11 is 7.56. The molecule has 1 fully saturated rings. The number of fused-ring (bicyclic) bond motifs is 1. The van der Waals surface area contributed by atoms with Crippen molar-refractivity contribution in [2.75, 3.05) is 12.4 Å². The summed E-state index contributed by atoms with van der Waals surface area (Å²) in [5.41, 5.74) is 9.63. The number of amides is 2. The molecule has 0 saturated carbocycles. The Bertz CT molecular complexity index is 1390. The number of anilines is 1. The minimum atomic E-state index is -0.918. The number of esters is 1. The van der Waals surface area contributed by atoms with E-state index in [0.29, 0.717) is 16.3 Å². The van der Waals surface area contributed by atoms with Gasteiger partial charge in [-0.1, -0.05) is 47.6 Å². The quantitative estimate of drug-likeness (QED) is 0.566. The number of carbonyl (C=O) groups excluding carboxylic acids is 3. The van der Waals surface area contributed by atoms with Gasteiger partial charge in [-0.2, -0.15) is 5.26 Å². The van der Waals surface area contributed by atoms with Crippen molar-refractivity contribution >= 4 is 46.8 Å². The summed E-state index contributed by atoms with van der Waals surface area (Å²) in [6.45, 7) is 3.90. The van der Waals surface area contributed by atoms with Crippen molar-refractivity contribution in [3.63, 3.8) is 0 Å². The highest BCUT2D eigenvalue weighted by Crippen LogP contribution is 2.51. The zero-order valence-electron chi connectivity index (χ0n) is 19.8. The number of methoxy groups -OCH3 is 1. The zero-order valence-corrected chi connectivity index (χ0v) is 21.4. The van der Waals surface area contributed by atoms with Gasteiger partial charge in [0.2, 0.25) is 5.91 Å². The molecule has 8 nitrogen and oxygen atoms in total. The van der Waals surface area contributed by atoms with E-state index in [4.69, 9.17) is 22.1 Å². The van der Waals surface area contributed by atoms with Crippen molar-refractivity contribution in [2.24, 2.45) is 5.73 Å². The van der Waals surface area contributed by atoms with Crippen molar-refractivity contribution in [1.82, 2.24) is 4.90 Å². The number of ether oxygens (including phenoxy) is 1. The van der Waals surface area contributed by atoms with Gasteiger partial charge in [-0.3, -0.25) is 19.3 Å². The molecule has 10 heteroatoms. The van der Waals surface area contributed by atoms with Crippen LogP contribution in [0.2, 0.25) is 5.02 Å². The number of allylic oxidation sites excluding steroid dienone is 1. The Hall–Kier alpha value is -3.74. The summed E-state index contributed by atoms with van der Waals surface area (Å²) in [4.78, 5) is 40.2. The van der Waals surface area contributed by atoms with Crippen molar-refractivity contribution in [3.05, 3.63) is 86.2 Å². The summed E-state index contributed by atoms with van der Waals surface area (Å²) in [6.07, 6.45) is -0.210. The van der Waals surface area contributed by atoms with Crippen LogP contribution in [0.5, 0.6) is 0 Å². The van der Waals surface area contributed by atoms with E-state index in [1.54, 1.807) is 30.3 Å². The molecule has 2 heterocycles. The van der Waals surface area contributed by atoms with Gasteiger partial charge in [-0.05, 0) is 48.7 Å². The van der Waals surface area contributed by atoms with Crippen molar-refractivity contribution in [2.45, 2.75) is 31.4 Å². The molecule has 0 radical (unpaired) electrons. The summed E-state index contributed by atoms with van der Waals surface area (Å²) < 4.78 is 4.73. The number of thioether (sulfide) groups is 1. The Labute approximate surface area is 217 Å². The minimum absolute atomic E-state index is 0.0183. The van der Waals surface area contributed by atoms with Gasteiger partial charge in [-0.15, -0.1) is 0 Å². The highest BCUT2D eigenvalue weighted by Gasteiger charge is 2.48. The summed E-state index contributed by atoms with van der Waals surface area (Å²) in [6, 6.07) is 14.4. The Morgan fingerprint density at radius 3 is 2.58 bits per heavy atom. The molecule has 0 spiro atoms. The van der Waals surface area contributed by atoms with Gasteiger partial charge in [0.1, 0.15) is 11.1 Å². The summed E-state index contributed by atoms with van der Waals surface area (Å²) in [7, 11) is 1.23. The van der Waals surface area contributed by atoms with Crippen LogP contribution < -0.4 is 11.1 Å². The van der Waals surface area contributed by atoms with E-state index in [2.05, 4.69) is 11.4 Å². The van der Waals surface area contributed by atoms with E-state index >= 15 is 0 Å². The molecule has 3 N–H and O–H groups in total. The monoisotopic (exact) mass is 522 g/mol. The maximum absolute atomic E-state index is 13.8. The van der Waals surface area contributed by atoms with Gasteiger partial charge in [0.15, 0.2) is 0 Å². The number of nitrogens with one attached hydrogen (secondary N) is 1. The van der Waals surface area contributed by atoms with Crippen LogP contribution in [-0.2, 0) is 19.1 Å². The molecule has 0 unspecified atom stereocenters. The second kappa shape index (κ2) is 10.1. The third-order valence-corrected chi connectivity index (χ3v) is 7.83. The first-order valence-corrected chi connectivity index (χ1v) is 12.3. The van der Waals surface area contributed by atoms with Gasteiger partial charge in [0.05, 0.1) is 41.7 Å². The van der Waals surface area contributed by atoms with Gasteiger partial charge >= 0.3 is 5.97 Å². The molecule has 184 valence electrons. The lowest BCUT2D eigenvalue weighted by Crippen LogP contribution is -2.39. The molecule has 2 aromatic carbocycles. The highest BCUT2D eigenvalue weighted by atomic mass is 35.5. The molecule has 36 heavy (non-hydrogen) atoms. The molecule has 0 bridgehead atoms. The smallest absolute Gasteiger partial charge is 0.307 e. The molecule has 2 atom stereocenters. The molecule has 2 aliphatic rings. The number of aryl methyl sites for hydroxylation is 2. The van der Waals surface area contributed by atoms with Crippen LogP contribution in [0.3, 0.4) is 0 Å². The lowest BCUT2D eigenvalue weighted by Gasteiger charge is -2.32. The summed E-state index contributed by atoms with van der Waals surface area (Å²) in [5.74, 6) is -2.60. The standard InChI is InChI=1S/C26H23ClN4O4S/c1-13-8-9-15(10-14(13)2)30-24(33)22-21(16-6-4-5-7-18(16)27)17(12-28)23(29)31-25(34)19(36-26(22)31)11-20(32)35-3/h4-10,19,21H,11,29H2,1-3H3,(H,30,33)/t19-,21+/m0/s1. The molecule has 1 saturated heterocycles. The number of rotatable bonds is 5. The van der Waals surface area contributed by atoms with E-state index in [-0.39, 0.29) is 28.4 Å². The van der Waals surface area contributed by atoms with Crippen molar-refractivity contribution in [3.8, 4) is 6.07 Å². The fourth-order valence-electron chi connectivity index (χ4n) is 4.18. The van der Waals surface area contributed by atoms with Crippen molar-refractivity contribution in [1.29, 1.82) is 5.26 Å². The second-order valence-corrected chi connectivity index (χ2v) is 10.00. The number of carbonyl (C=O) groups is 3. The second-order valence-electron chi connectivity index (χ2n) is 8.40. The average Bonchev–Trinajstić information content (AvgIpc) is 3.17. The van der Waals surface area contributed by atoms with Crippen LogP contribution in [-0.4, -0.2) is 35.0 Å². The van der Waals surface area contributed by atoms with Crippen LogP contribution in [0.25, 0.3) is 0 Å². The SMILES string of the molecule is COC(=O)C[C@@H]1SC2=C(C(=O)Nc3ccc(C)c(C)c3)[C@H](c3ccccc3Cl)C(C#N)=C(N)N2C1=O. The lowest BCUT2D eigenvalue weighted by molar-refractivity contribution is -0.142. The van der Waals surface area contributed by atoms with E-state index in [1.165, 1.54) is 7.11 Å². The maximum atomic E-state index is 13.8. The lowest BCUT2D eigenvalue weighted by atomic mass is 9.82. The van der Waals surface area contributed by atoms with Crippen LogP contribution in [0.1, 0.15) is 29.0 Å². The maximum Gasteiger partial charge on any atom is 0.307 e. The summed E-state index contributed by atoms with van der Waals surface area (Å²) in [5, 5.41) is 12.7. The van der Waals surface area contributed by atoms with Gasteiger partial charge in [0.25, 0.3) is 5.91 Å². The largest absolute Gasteiger partial charge is 0.469 e. The van der Waals surface area contributed by atoms with Crippen LogP contribution in [0.4, 0.5) is 5.69 Å². The normalized spacial score (nSPS) is 19.2. The molecular formula is C26H23ClN4O4S. The molecule has 4 rings (SSSR count). The number of nitrogens with two attached hydrogens (primary N) is 1. The molecule has 2 aliphatic heterocycles. The van der Waals surface area contributed by atoms with E-state index in [1.807, 2.05) is 26.0 Å². The zero-order chi connectivity index (χ0) is 26.1. The van der Waals surface area contributed by atoms with Crippen LogP contribution in [0, 0.1) is 25.2 Å². The first-order valence-electron chi connectivity index (χ1n) is 11.0. The number of benzene rings is 2. The van der Waals surface area contributed by atoms with E-state index < -0.39 is 29.0 Å². The number of nitrogens with zero attached hydrogens (tertiary/aromatic N) is 2. The predicted octanol–water partition coefficient (Wildman–Crippen LogP) is 4.11. The molecule has 2 aromatic rings.